The van der Waals surface area contributed by atoms with E-state index < -0.39 is 5.60 Å². The van der Waals surface area contributed by atoms with E-state index in [1.807, 2.05) is 0 Å². The number of aliphatic hydroxyl groups is 1. The van der Waals surface area contributed by atoms with Gasteiger partial charge in [-0.05, 0) is 13.8 Å². The van der Waals surface area contributed by atoms with Crippen molar-refractivity contribution in [1.82, 2.24) is 5.32 Å². The quantitative estimate of drug-likeness (QED) is 0.659. The van der Waals surface area contributed by atoms with Crippen LogP contribution in [0.2, 0.25) is 0 Å². The van der Waals surface area contributed by atoms with Crippen LogP contribution in [0.25, 0.3) is 0 Å². The molecular formula is C9H15NO3. The van der Waals surface area contributed by atoms with Gasteiger partial charge < -0.3 is 15.2 Å². The number of hydrogen-bond donors (Lipinski definition) is 2. The first kappa shape index (κ1) is 10.1. The molecule has 0 fully saturated rings. The zero-order valence-electron chi connectivity index (χ0n) is 7.96. The van der Waals surface area contributed by atoms with Crippen molar-refractivity contribution >= 4 is 5.91 Å². The lowest BCUT2D eigenvalue weighted by molar-refractivity contribution is -0.118. The van der Waals surface area contributed by atoms with Gasteiger partial charge in [-0.3, -0.25) is 4.79 Å². The standard InChI is InChI=1S/C9H15NO3/c1-9(2,12)6-10-8(11)7-3-4-13-5-7/h5,12H,3-4,6H2,1-2H3,(H,10,11). The van der Waals surface area contributed by atoms with E-state index in [1.165, 1.54) is 6.26 Å². The molecule has 74 valence electrons. The van der Waals surface area contributed by atoms with Gasteiger partial charge >= 0.3 is 0 Å². The summed E-state index contributed by atoms with van der Waals surface area (Å²) in [6.07, 6.45) is 2.12. The minimum absolute atomic E-state index is 0.153. The Bertz CT molecular complexity index is 228. The number of hydrogen-bond acceptors (Lipinski definition) is 3. The topological polar surface area (TPSA) is 58.6 Å². The summed E-state index contributed by atoms with van der Waals surface area (Å²) in [6.45, 7) is 4.12. The molecule has 0 spiro atoms. The molecule has 4 heteroatoms. The van der Waals surface area contributed by atoms with Crippen LogP contribution in [0, 0.1) is 0 Å². The smallest absolute Gasteiger partial charge is 0.250 e. The van der Waals surface area contributed by atoms with E-state index >= 15 is 0 Å². The number of nitrogens with one attached hydrogen (secondary N) is 1. The molecule has 0 saturated heterocycles. The fourth-order valence-electron chi connectivity index (χ4n) is 0.964. The average molecular weight is 185 g/mol. The Morgan fingerprint density at radius 2 is 2.46 bits per heavy atom. The van der Waals surface area contributed by atoms with E-state index in [1.54, 1.807) is 13.8 Å². The Kier molecular flexibility index (Phi) is 2.93. The summed E-state index contributed by atoms with van der Waals surface area (Å²) in [5, 5.41) is 12.0. The van der Waals surface area contributed by atoms with Gasteiger partial charge in [-0.1, -0.05) is 0 Å². The Morgan fingerprint density at radius 3 is 2.92 bits per heavy atom. The van der Waals surface area contributed by atoms with Gasteiger partial charge in [-0.15, -0.1) is 0 Å². The first-order valence-electron chi connectivity index (χ1n) is 4.30. The van der Waals surface area contributed by atoms with Crippen LogP contribution in [0.5, 0.6) is 0 Å². The van der Waals surface area contributed by atoms with Crippen LogP contribution in [0.4, 0.5) is 0 Å². The molecule has 1 aliphatic heterocycles. The van der Waals surface area contributed by atoms with Crippen LogP contribution in [0.1, 0.15) is 20.3 Å². The number of carbonyl (C=O) groups excluding carboxylic acids is 1. The van der Waals surface area contributed by atoms with Crippen molar-refractivity contribution in [3.63, 3.8) is 0 Å². The first-order valence-corrected chi connectivity index (χ1v) is 4.30. The predicted octanol–water partition coefficient (Wildman–Crippen LogP) is 0.178. The van der Waals surface area contributed by atoms with Crippen LogP contribution in [0.15, 0.2) is 11.8 Å². The van der Waals surface area contributed by atoms with E-state index in [-0.39, 0.29) is 12.5 Å². The molecule has 0 aromatic heterocycles. The third kappa shape index (κ3) is 3.46. The summed E-state index contributed by atoms with van der Waals surface area (Å²) >= 11 is 0. The highest BCUT2D eigenvalue weighted by molar-refractivity contribution is 5.93. The second kappa shape index (κ2) is 3.79. The molecule has 13 heavy (non-hydrogen) atoms. The summed E-state index contributed by atoms with van der Waals surface area (Å²) in [4.78, 5) is 11.3. The number of rotatable bonds is 3. The lowest BCUT2D eigenvalue weighted by Crippen LogP contribution is -2.38. The van der Waals surface area contributed by atoms with Gasteiger partial charge in [-0.25, -0.2) is 0 Å². The highest BCUT2D eigenvalue weighted by atomic mass is 16.5. The van der Waals surface area contributed by atoms with E-state index in [0.717, 1.165) is 0 Å². The third-order valence-electron chi connectivity index (χ3n) is 1.69. The van der Waals surface area contributed by atoms with Gasteiger partial charge in [0.2, 0.25) is 0 Å². The Hall–Kier alpha value is -1.03. The van der Waals surface area contributed by atoms with E-state index in [4.69, 9.17) is 4.74 Å². The van der Waals surface area contributed by atoms with Crippen molar-refractivity contribution in [2.45, 2.75) is 25.9 Å². The van der Waals surface area contributed by atoms with Crippen LogP contribution >= 0.6 is 0 Å². The molecule has 0 unspecified atom stereocenters. The van der Waals surface area contributed by atoms with Gasteiger partial charge in [0.1, 0.15) is 0 Å². The third-order valence-corrected chi connectivity index (χ3v) is 1.69. The summed E-state index contributed by atoms with van der Waals surface area (Å²) < 4.78 is 4.92. The number of ether oxygens (including phenoxy) is 1. The Morgan fingerprint density at radius 1 is 1.77 bits per heavy atom. The average Bonchev–Trinajstić information content (AvgIpc) is 2.50. The van der Waals surface area contributed by atoms with E-state index in [0.29, 0.717) is 18.6 Å². The van der Waals surface area contributed by atoms with Crippen molar-refractivity contribution in [3.05, 3.63) is 11.8 Å². The molecule has 0 saturated carbocycles. The second-order valence-corrected chi connectivity index (χ2v) is 3.76. The molecule has 2 N–H and O–H groups in total. The van der Waals surface area contributed by atoms with Crippen LogP contribution in [-0.2, 0) is 9.53 Å². The fraction of sp³-hybridized carbons (Fsp3) is 0.667. The maximum Gasteiger partial charge on any atom is 0.250 e. The molecule has 4 nitrogen and oxygen atoms in total. The summed E-state index contributed by atoms with van der Waals surface area (Å²) in [7, 11) is 0. The summed E-state index contributed by atoms with van der Waals surface area (Å²) in [5.41, 5.74) is -0.223. The molecule has 1 amide bonds. The molecule has 1 heterocycles. The zero-order chi connectivity index (χ0) is 9.90. The SMILES string of the molecule is CC(C)(O)CNC(=O)C1=COCC1. The highest BCUT2D eigenvalue weighted by Crippen LogP contribution is 2.10. The zero-order valence-corrected chi connectivity index (χ0v) is 7.96. The van der Waals surface area contributed by atoms with Crippen molar-refractivity contribution in [2.24, 2.45) is 0 Å². The number of carbonyl (C=O) groups is 1. The summed E-state index contributed by atoms with van der Waals surface area (Å²) in [6, 6.07) is 0. The van der Waals surface area contributed by atoms with Crippen molar-refractivity contribution < 1.29 is 14.6 Å². The highest BCUT2D eigenvalue weighted by Gasteiger charge is 2.18. The fourth-order valence-corrected chi connectivity index (χ4v) is 0.964. The minimum atomic E-state index is -0.865. The van der Waals surface area contributed by atoms with E-state index in [2.05, 4.69) is 5.32 Å². The summed E-state index contributed by atoms with van der Waals surface area (Å²) in [5.74, 6) is -0.153. The lowest BCUT2D eigenvalue weighted by atomic mass is 10.1. The molecule has 1 aliphatic rings. The molecule has 0 aromatic carbocycles. The molecule has 0 aliphatic carbocycles. The van der Waals surface area contributed by atoms with Crippen LogP contribution in [-0.4, -0.2) is 29.8 Å². The van der Waals surface area contributed by atoms with Crippen LogP contribution in [0.3, 0.4) is 0 Å². The van der Waals surface area contributed by atoms with Gasteiger partial charge in [0.15, 0.2) is 0 Å². The normalized spacial score (nSPS) is 16.4. The van der Waals surface area contributed by atoms with Crippen molar-refractivity contribution in [3.8, 4) is 0 Å². The molecule has 0 aromatic rings. The predicted molar refractivity (Wildman–Crippen MR) is 48.0 cm³/mol. The Labute approximate surface area is 77.6 Å². The largest absolute Gasteiger partial charge is 0.500 e. The Balaban J connectivity index is 2.33. The van der Waals surface area contributed by atoms with Crippen molar-refractivity contribution in [2.75, 3.05) is 13.2 Å². The molecule has 0 bridgehead atoms. The lowest BCUT2D eigenvalue weighted by Gasteiger charge is -2.17. The monoisotopic (exact) mass is 185 g/mol. The molecule has 0 radical (unpaired) electrons. The van der Waals surface area contributed by atoms with Gasteiger partial charge in [0.25, 0.3) is 5.91 Å². The van der Waals surface area contributed by atoms with Crippen molar-refractivity contribution in [1.29, 1.82) is 0 Å². The second-order valence-electron chi connectivity index (χ2n) is 3.76. The first-order chi connectivity index (χ1) is 5.99. The maximum absolute atomic E-state index is 11.3. The molecular weight excluding hydrogens is 170 g/mol. The van der Waals surface area contributed by atoms with E-state index in [9.17, 15) is 9.90 Å². The molecule has 1 rings (SSSR count). The van der Waals surface area contributed by atoms with Gasteiger partial charge in [0, 0.05) is 13.0 Å². The minimum Gasteiger partial charge on any atom is -0.500 e. The molecule has 0 atom stereocenters. The van der Waals surface area contributed by atoms with Gasteiger partial charge in [-0.2, -0.15) is 0 Å². The maximum atomic E-state index is 11.3. The number of amides is 1. The van der Waals surface area contributed by atoms with Gasteiger partial charge in [0.05, 0.1) is 24.0 Å². The van der Waals surface area contributed by atoms with Crippen LogP contribution < -0.4 is 5.32 Å².